The van der Waals surface area contributed by atoms with Crippen molar-refractivity contribution in [2.45, 2.75) is 18.8 Å². The average Bonchev–Trinajstić information content (AvgIpc) is 2.92. The highest BCUT2D eigenvalue weighted by atomic mass is 19.4. The van der Waals surface area contributed by atoms with Crippen LogP contribution in [0.25, 0.3) is 11.6 Å². The van der Waals surface area contributed by atoms with Gasteiger partial charge in [0.1, 0.15) is 0 Å². The predicted octanol–water partition coefficient (Wildman–Crippen LogP) is 7.79. The first-order chi connectivity index (χ1) is 14.6. The van der Waals surface area contributed by atoms with Gasteiger partial charge in [0.2, 0.25) is 0 Å². The zero-order valence-electron chi connectivity index (χ0n) is 15.9. The summed E-state index contributed by atoms with van der Waals surface area (Å²) in [5.41, 5.74) is 2.26. The summed E-state index contributed by atoms with van der Waals surface area (Å²) in [4.78, 5) is 4.64. The number of hydrogen-bond donors (Lipinski definition) is 0. The molecule has 0 N–H and O–H groups in total. The molecule has 0 saturated heterocycles. The molecule has 0 radical (unpaired) electrons. The highest BCUT2D eigenvalue weighted by Crippen LogP contribution is 2.36. The number of nitrogens with zero attached hydrogens (tertiary/aromatic N) is 1. The fourth-order valence-corrected chi connectivity index (χ4v) is 3.39. The van der Waals surface area contributed by atoms with Crippen LogP contribution in [0.4, 0.5) is 32.0 Å². The first-order valence-electron chi connectivity index (χ1n) is 9.34. The van der Waals surface area contributed by atoms with Crippen molar-refractivity contribution in [1.82, 2.24) is 0 Å². The minimum absolute atomic E-state index is 0.255. The van der Waals surface area contributed by atoms with Crippen molar-refractivity contribution in [1.29, 1.82) is 0 Å². The summed E-state index contributed by atoms with van der Waals surface area (Å²) in [7, 11) is 0. The Kier molecular flexibility index (Phi) is 5.21. The zero-order chi connectivity index (χ0) is 22.2. The van der Waals surface area contributed by atoms with E-state index >= 15 is 0 Å². The maximum absolute atomic E-state index is 12.9. The van der Waals surface area contributed by atoms with Crippen molar-refractivity contribution in [3.05, 3.63) is 101 Å². The monoisotopic (exact) mass is 431 g/mol. The second-order valence-corrected chi connectivity index (χ2v) is 7.11. The van der Waals surface area contributed by atoms with Gasteiger partial charge >= 0.3 is 12.4 Å². The summed E-state index contributed by atoms with van der Waals surface area (Å²) in [6.07, 6.45) is -6.78. The third kappa shape index (κ3) is 4.55. The number of allylic oxidation sites excluding steroid dienone is 1. The van der Waals surface area contributed by atoms with Crippen LogP contribution in [-0.4, -0.2) is 5.71 Å². The molecule has 1 heterocycles. The van der Waals surface area contributed by atoms with Gasteiger partial charge in [0, 0.05) is 12.0 Å². The van der Waals surface area contributed by atoms with Crippen molar-refractivity contribution in [2.24, 2.45) is 4.99 Å². The summed E-state index contributed by atoms with van der Waals surface area (Å²) in [6.45, 7) is 0. The molecule has 3 aromatic rings. The van der Waals surface area contributed by atoms with Gasteiger partial charge in [-0.15, -0.1) is 0 Å². The van der Waals surface area contributed by atoms with Crippen molar-refractivity contribution in [3.63, 3.8) is 0 Å². The van der Waals surface area contributed by atoms with Crippen LogP contribution < -0.4 is 0 Å². The highest BCUT2D eigenvalue weighted by molar-refractivity contribution is 6.11. The molecule has 1 aliphatic heterocycles. The summed E-state index contributed by atoms with van der Waals surface area (Å²) in [6, 6.07) is 16.8. The van der Waals surface area contributed by atoms with Gasteiger partial charge in [-0.25, -0.2) is 0 Å². The van der Waals surface area contributed by atoms with Crippen molar-refractivity contribution >= 4 is 23.0 Å². The van der Waals surface area contributed by atoms with Crippen molar-refractivity contribution in [3.8, 4) is 0 Å². The topological polar surface area (TPSA) is 12.4 Å². The molecule has 0 unspecified atom stereocenters. The van der Waals surface area contributed by atoms with E-state index in [4.69, 9.17) is 0 Å². The molecule has 7 heteroatoms. The van der Waals surface area contributed by atoms with Gasteiger partial charge in [-0.1, -0.05) is 42.5 Å². The van der Waals surface area contributed by atoms with E-state index in [9.17, 15) is 26.3 Å². The van der Waals surface area contributed by atoms with Gasteiger partial charge < -0.3 is 0 Å². The van der Waals surface area contributed by atoms with Crippen LogP contribution in [0.5, 0.6) is 0 Å². The number of aliphatic imine (C=N–C) groups is 1. The average molecular weight is 431 g/mol. The van der Waals surface area contributed by atoms with Crippen molar-refractivity contribution < 1.29 is 26.3 Å². The second-order valence-electron chi connectivity index (χ2n) is 7.11. The lowest BCUT2D eigenvalue weighted by Crippen LogP contribution is -2.07. The molecule has 1 aliphatic rings. The molecule has 0 fully saturated rings. The van der Waals surface area contributed by atoms with E-state index in [-0.39, 0.29) is 6.42 Å². The Morgan fingerprint density at radius 2 is 1.13 bits per heavy atom. The van der Waals surface area contributed by atoms with Crippen LogP contribution in [-0.2, 0) is 12.4 Å². The summed E-state index contributed by atoms with van der Waals surface area (Å²) >= 11 is 0. The number of fused-ring (bicyclic) bond motifs is 1. The van der Waals surface area contributed by atoms with Gasteiger partial charge in [0.15, 0.2) is 0 Å². The molecule has 0 saturated carbocycles. The van der Waals surface area contributed by atoms with Crippen LogP contribution in [0.15, 0.2) is 77.8 Å². The van der Waals surface area contributed by atoms with Crippen LogP contribution in [0, 0.1) is 0 Å². The van der Waals surface area contributed by atoms with Crippen LogP contribution in [0.3, 0.4) is 0 Å². The molecule has 0 aromatic heterocycles. The fraction of sp³-hybridized carbons (Fsp3) is 0.125. The molecule has 0 amide bonds. The molecule has 31 heavy (non-hydrogen) atoms. The molecule has 4 rings (SSSR count). The summed E-state index contributed by atoms with van der Waals surface area (Å²) < 4.78 is 77.4. The molecule has 0 bridgehead atoms. The molecular weight excluding hydrogens is 416 g/mol. The first-order valence-corrected chi connectivity index (χ1v) is 9.34. The standard InChI is InChI=1S/C24H15F6N/c25-23(26,27)19-9-5-15(6-10-19)18-13-17-3-1-2-4-21(17)31-22(14-18)16-7-11-20(12-8-16)24(28,29)30/h1-13H,14H2. The lowest BCUT2D eigenvalue weighted by molar-refractivity contribution is -0.138. The molecule has 0 aliphatic carbocycles. The van der Waals surface area contributed by atoms with E-state index in [0.29, 0.717) is 22.5 Å². The maximum atomic E-state index is 12.9. The molecule has 3 aromatic carbocycles. The van der Waals surface area contributed by atoms with E-state index in [1.165, 1.54) is 24.3 Å². The SMILES string of the molecule is FC(F)(F)c1ccc(C2=Cc3ccccc3N=C(c3ccc(C(F)(F)F)cc3)C2)cc1. The fourth-order valence-electron chi connectivity index (χ4n) is 3.39. The molecule has 1 nitrogen and oxygen atoms in total. The van der Waals surface area contributed by atoms with Crippen LogP contribution in [0.2, 0.25) is 0 Å². The Labute approximate surface area is 174 Å². The van der Waals surface area contributed by atoms with Gasteiger partial charge in [0.25, 0.3) is 0 Å². The summed E-state index contributed by atoms with van der Waals surface area (Å²) in [5, 5.41) is 0. The number of hydrogen-bond acceptors (Lipinski definition) is 1. The lowest BCUT2D eigenvalue weighted by Gasteiger charge is -2.12. The summed E-state index contributed by atoms with van der Waals surface area (Å²) in [5.74, 6) is 0. The zero-order valence-corrected chi connectivity index (χ0v) is 15.9. The van der Waals surface area contributed by atoms with Crippen LogP contribution in [0.1, 0.15) is 34.2 Å². The molecule has 158 valence electrons. The van der Waals surface area contributed by atoms with Gasteiger partial charge in [-0.3, -0.25) is 4.99 Å². The van der Waals surface area contributed by atoms with E-state index in [2.05, 4.69) is 4.99 Å². The number of para-hydroxylation sites is 1. The molecular formula is C24H15F6N. The Balaban J connectivity index is 1.75. The third-order valence-corrected chi connectivity index (χ3v) is 5.01. The second kappa shape index (κ2) is 7.72. The number of rotatable bonds is 2. The first kappa shape index (κ1) is 20.9. The minimum Gasteiger partial charge on any atom is -0.252 e. The molecule has 0 atom stereocenters. The normalized spacial score (nSPS) is 14.4. The van der Waals surface area contributed by atoms with E-state index in [1.54, 1.807) is 12.1 Å². The Morgan fingerprint density at radius 1 is 0.613 bits per heavy atom. The van der Waals surface area contributed by atoms with Gasteiger partial charge in [-0.05, 0) is 53.1 Å². The quantitative estimate of drug-likeness (QED) is 0.367. The number of benzene rings is 3. The Bertz CT molecular complexity index is 1060. The molecule has 0 spiro atoms. The van der Waals surface area contributed by atoms with Crippen LogP contribution >= 0.6 is 0 Å². The predicted molar refractivity (Wildman–Crippen MR) is 108 cm³/mol. The maximum Gasteiger partial charge on any atom is 0.416 e. The minimum atomic E-state index is -4.44. The van der Waals surface area contributed by atoms with E-state index in [0.717, 1.165) is 35.4 Å². The smallest absolute Gasteiger partial charge is 0.252 e. The lowest BCUT2D eigenvalue weighted by atomic mass is 9.94. The number of alkyl halides is 6. The van der Waals surface area contributed by atoms with Gasteiger partial charge in [-0.2, -0.15) is 26.3 Å². The largest absolute Gasteiger partial charge is 0.416 e. The van der Waals surface area contributed by atoms with Gasteiger partial charge in [0.05, 0.1) is 22.5 Å². The van der Waals surface area contributed by atoms with E-state index in [1.807, 2.05) is 18.2 Å². The van der Waals surface area contributed by atoms with E-state index < -0.39 is 23.5 Å². The number of halogens is 6. The van der Waals surface area contributed by atoms with Crippen molar-refractivity contribution in [2.75, 3.05) is 0 Å². The highest BCUT2D eigenvalue weighted by Gasteiger charge is 2.31. The Morgan fingerprint density at radius 3 is 1.68 bits per heavy atom. The third-order valence-electron chi connectivity index (χ3n) is 5.01. The Hall–Kier alpha value is -3.35.